The van der Waals surface area contributed by atoms with E-state index in [9.17, 15) is 0 Å². The van der Waals surface area contributed by atoms with Crippen LogP contribution in [0.15, 0.2) is 61.0 Å². The molecule has 0 fully saturated rings. The summed E-state index contributed by atoms with van der Waals surface area (Å²) >= 11 is 6.14. The molecule has 0 saturated carbocycles. The maximum atomic E-state index is 6.14. The van der Waals surface area contributed by atoms with Crippen molar-refractivity contribution < 1.29 is 0 Å². The molecular formula is C19H23ClN2. The second-order valence-electron chi connectivity index (χ2n) is 4.96. The van der Waals surface area contributed by atoms with E-state index in [1.165, 1.54) is 11.1 Å². The molecule has 0 spiro atoms. The predicted molar refractivity (Wildman–Crippen MR) is 98.5 cm³/mol. The van der Waals surface area contributed by atoms with E-state index in [1.807, 2.05) is 44.4 Å². The van der Waals surface area contributed by atoms with Crippen LogP contribution in [0.1, 0.15) is 31.9 Å². The lowest BCUT2D eigenvalue weighted by molar-refractivity contribution is 1.29. The minimum absolute atomic E-state index is 0.733. The van der Waals surface area contributed by atoms with Gasteiger partial charge in [0.25, 0.3) is 0 Å². The molecule has 2 rings (SSSR count). The fourth-order valence-electron chi connectivity index (χ4n) is 2.17. The normalized spacial score (nSPS) is 9.32. The van der Waals surface area contributed by atoms with E-state index in [2.05, 4.69) is 36.8 Å². The van der Waals surface area contributed by atoms with Crippen molar-refractivity contribution in [2.45, 2.75) is 20.8 Å². The summed E-state index contributed by atoms with van der Waals surface area (Å²) in [6.45, 7) is 9.45. The van der Waals surface area contributed by atoms with Gasteiger partial charge in [-0.3, -0.25) is 4.98 Å². The number of aromatic nitrogens is 1. The number of allylic oxidation sites excluding steroid dienone is 2. The minimum Gasteiger partial charge on any atom is -0.388 e. The van der Waals surface area contributed by atoms with Crippen molar-refractivity contribution in [3.63, 3.8) is 0 Å². The fraction of sp³-hybridized carbons (Fsp3) is 0.211. The van der Waals surface area contributed by atoms with Gasteiger partial charge in [-0.05, 0) is 50.6 Å². The number of halogens is 1. The van der Waals surface area contributed by atoms with Crippen LogP contribution >= 0.6 is 11.6 Å². The minimum atomic E-state index is 0.733. The molecule has 0 aliphatic carbocycles. The van der Waals surface area contributed by atoms with E-state index in [0.29, 0.717) is 0 Å². The maximum absolute atomic E-state index is 6.14. The van der Waals surface area contributed by atoms with Crippen LogP contribution in [0.3, 0.4) is 0 Å². The van der Waals surface area contributed by atoms with Crippen molar-refractivity contribution >= 4 is 22.9 Å². The highest BCUT2D eigenvalue weighted by molar-refractivity contribution is 6.31. The van der Waals surface area contributed by atoms with Crippen LogP contribution in [-0.4, -0.2) is 12.0 Å². The highest BCUT2D eigenvalue weighted by atomic mass is 35.5. The number of hydrogen-bond acceptors (Lipinski definition) is 2. The van der Waals surface area contributed by atoms with Gasteiger partial charge in [0.2, 0.25) is 0 Å². The quantitative estimate of drug-likeness (QED) is 0.723. The SMILES string of the molecule is C=CC.CNc1ccc(Cl)cc1C(=C(C)C)c1cccnc1. The Balaban J connectivity index is 0.000000745. The van der Waals surface area contributed by atoms with Gasteiger partial charge in [0.05, 0.1) is 0 Å². The molecule has 2 aromatic rings. The monoisotopic (exact) mass is 314 g/mol. The molecule has 1 N–H and O–H groups in total. The molecule has 22 heavy (non-hydrogen) atoms. The molecule has 1 aromatic carbocycles. The van der Waals surface area contributed by atoms with Crippen LogP contribution in [0.2, 0.25) is 5.02 Å². The number of hydrogen-bond donors (Lipinski definition) is 1. The summed E-state index contributed by atoms with van der Waals surface area (Å²) in [5, 5.41) is 3.95. The Labute approximate surface area is 138 Å². The molecule has 0 bridgehead atoms. The van der Waals surface area contributed by atoms with Gasteiger partial charge in [-0.1, -0.05) is 29.3 Å². The number of nitrogens with zero attached hydrogens (tertiary/aromatic N) is 1. The second-order valence-corrected chi connectivity index (χ2v) is 5.40. The van der Waals surface area contributed by atoms with Crippen LogP contribution in [-0.2, 0) is 0 Å². The molecular weight excluding hydrogens is 292 g/mol. The van der Waals surface area contributed by atoms with Gasteiger partial charge in [0.1, 0.15) is 0 Å². The van der Waals surface area contributed by atoms with Gasteiger partial charge in [0.15, 0.2) is 0 Å². The first kappa shape index (κ1) is 18.0. The van der Waals surface area contributed by atoms with Crippen molar-refractivity contribution in [2.75, 3.05) is 12.4 Å². The van der Waals surface area contributed by atoms with Gasteiger partial charge in [-0.15, -0.1) is 6.58 Å². The zero-order valence-corrected chi connectivity index (χ0v) is 14.4. The standard InChI is InChI=1S/C16H17ClN2.C3H6/c1-11(2)16(12-5-4-8-19-10-12)14-9-13(17)6-7-15(14)18-3;1-3-2/h4-10,18H,1-3H3;3H,1H2,2H3. The number of anilines is 1. The molecule has 2 nitrogen and oxygen atoms in total. The summed E-state index contributed by atoms with van der Waals surface area (Å²) in [6.07, 6.45) is 5.41. The number of pyridine rings is 1. The molecule has 3 heteroatoms. The first-order valence-corrected chi connectivity index (χ1v) is 7.55. The molecule has 116 valence electrons. The van der Waals surface area contributed by atoms with Gasteiger partial charge in [-0.25, -0.2) is 0 Å². The van der Waals surface area contributed by atoms with E-state index in [4.69, 9.17) is 11.6 Å². The Kier molecular flexibility index (Phi) is 7.41. The van der Waals surface area contributed by atoms with Crippen LogP contribution in [0.4, 0.5) is 5.69 Å². The van der Waals surface area contributed by atoms with Crippen LogP contribution in [0.5, 0.6) is 0 Å². The molecule has 0 aliphatic heterocycles. The molecule has 1 heterocycles. The highest BCUT2D eigenvalue weighted by Gasteiger charge is 2.11. The van der Waals surface area contributed by atoms with E-state index in [-0.39, 0.29) is 0 Å². The van der Waals surface area contributed by atoms with Crippen LogP contribution < -0.4 is 5.32 Å². The number of nitrogens with one attached hydrogen (secondary N) is 1. The molecule has 0 aliphatic rings. The van der Waals surface area contributed by atoms with Gasteiger partial charge >= 0.3 is 0 Å². The largest absolute Gasteiger partial charge is 0.388 e. The molecule has 0 saturated heterocycles. The molecule has 0 atom stereocenters. The van der Waals surface area contributed by atoms with Crippen LogP contribution in [0.25, 0.3) is 5.57 Å². The van der Waals surface area contributed by atoms with Crippen molar-refractivity contribution in [2.24, 2.45) is 0 Å². The average Bonchev–Trinajstić information content (AvgIpc) is 2.49. The number of rotatable bonds is 3. The van der Waals surface area contributed by atoms with E-state index >= 15 is 0 Å². The third-order valence-electron chi connectivity index (χ3n) is 2.97. The van der Waals surface area contributed by atoms with Gasteiger partial charge < -0.3 is 5.32 Å². The third-order valence-corrected chi connectivity index (χ3v) is 3.21. The fourth-order valence-corrected chi connectivity index (χ4v) is 2.34. The summed E-state index contributed by atoms with van der Waals surface area (Å²) in [5.74, 6) is 0. The Hall–Kier alpha value is -2.06. The number of benzene rings is 1. The Bertz CT molecular complexity index is 642. The lowest BCUT2D eigenvalue weighted by Crippen LogP contribution is -1.98. The maximum Gasteiger partial charge on any atom is 0.0418 e. The lowest BCUT2D eigenvalue weighted by Gasteiger charge is -2.15. The zero-order valence-electron chi connectivity index (χ0n) is 13.7. The first-order valence-electron chi connectivity index (χ1n) is 7.17. The molecule has 1 aromatic heterocycles. The Morgan fingerprint density at radius 1 is 1.27 bits per heavy atom. The van der Waals surface area contributed by atoms with Crippen molar-refractivity contribution in [3.8, 4) is 0 Å². The Morgan fingerprint density at radius 3 is 2.45 bits per heavy atom. The summed E-state index contributed by atoms with van der Waals surface area (Å²) < 4.78 is 0. The summed E-state index contributed by atoms with van der Waals surface area (Å²) in [6, 6.07) is 9.89. The van der Waals surface area contributed by atoms with E-state index in [0.717, 1.165) is 21.8 Å². The zero-order chi connectivity index (χ0) is 16.5. The van der Waals surface area contributed by atoms with Crippen LogP contribution in [0, 0.1) is 0 Å². The van der Waals surface area contributed by atoms with E-state index < -0.39 is 0 Å². The Morgan fingerprint density at radius 2 is 1.95 bits per heavy atom. The lowest BCUT2D eigenvalue weighted by atomic mass is 9.94. The molecule has 0 amide bonds. The van der Waals surface area contributed by atoms with Crippen molar-refractivity contribution in [1.29, 1.82) is 0 Å². The van der Waals surface area contributed by atoms with Crippen molar-refractivity contribution in [3.05, 3.63) is 77.1 Å². The topological polar surface area (TPSA) is 24.9 Å². The molecule has 0 unspecified atom stereocenters. The van der Waals surface area contributed by atoms with Gasteiger partial charge in [0, 0.05) is 41.3 Å². The predicted octanol–water partition coefficient (Wildman–Crippen LogP) is 5.81. The second kappa shape index (κ2) is 9.06. The smallest absolute Gasteiger partial charge is 0.0418 e. The summed E-state index contributed by atoms with van der Waals surface area (Å²) in [5.41, 5.74) is 5.65. The summed E-state index contributed by atoms with van der Waals surface area (Å²) in [7, 11) is 1.92. The first-order chi connectivity index (χ1) is 10.5. The average molecular weight is 315 g/mol. The molecule has 0 radical (unpaired) electrons. The van der Waals surface area contributed by atoms with E-state index in [1.54, 1.807) is 12.3 Å². The highest BCUT2D eigenvalue weighted by Crippen LogP contribution is 2.33. The summed E-state index contributed by atoms with van der Waals surface area (Å²) in [4.78, 5) is 4.20. The van der Waals surface area contributed by atoms with Crippen molar-refractivity contribution in [1.82, 2.24) is 4.98 Å². The third kappa shape index (κ3) is 4.74. The van der Waals surface area contributed by atoms with Gasteiger partial charge in [-0.2, -0.15) is 0 Å².